The Morgan fingerprint density at radius 3 is 2.08 bits per heavy atom. The fourth-order valence-electron chi connectivity index (χ4n) is 2.21. The summed E-state index contributed by atoms with van der Waals surface area (Å²) >= 11 is 0. The van der Waals surface area contributed by atoms with Crippen LogP contribution in [0.4, 0.5) is 13.2 Å². The zero-order chi connectivity index (χ0) is 17.9. The highest BCUT2D eigenvalue weighted by Gasteiger charge is 2.26. The fourth-order valence-corrected chi connectivity index (χ4v) is 2.95. The second-order valence-electron chi connectivity index (χ2n) is 6.10. The van der Waals surface area contributed by atoms with Crippen molar-refractivity contribution in [1.29, 1.82) is 0 Å². The Labute approximate surface area is 142 Å². The van der Waals surface area contributed by atoms with Crippen LogP contribution in [0.3, 0.4) is 0 Å². The summed E-state index contributed by atoms with van der Waals surface area (Å²) in [5.41, 5.74) is -0.335. The monoisotopic (exact) mass is 355 g/mol. The van der Waals surface area contributed by atoms with Crippen LogP contribution in [0.2, 0.25) is 0 Å². The van der Waals surface area contributed by atoms with Crippen molar-refractivity contribution in [3.63, 3.8) is 0 Å². The smallest absolute Gasteiger partial charge is 0.146 e. The van der Waals surface area contributed by atoms with Crippen molar-refractivity contribution in [2.75, 3.05) is 6.54 Å². The van der Waals surface area contributed by atoms with E-state index in [0.29, 0.717) is 16.7 Å². The van der Waals surface area contributed by atoms with Gasteiger partial charge in [-0.2, -0.15) is 0 Å². The molecule has 0 amide bonds. The first-order chi connectivity index (χ1) is 11.2. The van der Waals surface area contributed by atoms with Gasteiger partial charge in [0.05, 0.1) is 11.0 Å². The second kappa shape index (κ2) is 7.49. The lowest BCUT2D eigenvalue weighted by Crippen LogP contribution is -2.35. The van der Waals surface area contributed by atoms with E-state index in [1.807, 2.05) is 0 Å². The van der Waals surface area contributed by atoms with Crippen LogP contribution in [-0.4, -0.2) is 16.0 Å². The summed E-state index contributed by atoms with van der Waals surface area (Å²) in [5, 5.41) is -0.106. The van der Waals surface area contributed by atoms with Crippen LogP contribution in [0.1, 0.15) is 26.3 Å². The van der Waals surface area contributed by atoms with Gasteiger partial charge in [-0.05, 0) is 49.6 Å². The highest BCUT2D eigenvalue weighted by molar-refractivity contribution is 7.83. The van der Waals surface area contributed by atoms with Crippen molar-refractivity contribution >= 4 is 11.0 Å². The van der Waals surface area contributed by atoms with Gasteiger partial charge in [-0.1, -0.05) is 24.3 Å². The molecule has 130 valence electrons. The van der Waals surface area contributed by atoms with Crippen molar-refractivity contribution in [2.45, 2.75) is 31.7 Å². The lowest BCUT2D eigenvalue weighted by Gasteiger charge is -2.22. The van der Waals surface area contributed by atoms with Crippen molar-refractivity contribution in [1.82, 2.24) is 4.72 Å². The van der Waals surface area contributed by atoms with Gasteiger partial charge in [0.2, 0.25) is 0 Å². The van der Waals surface area contributed by atoms with Gasteiger partial charge in [-0.25, -0.2) is 22.1 Å². The van der Waals surface area contributed by atoms with Gasteiger partial charge >= 0.3 is 0 Å². The number of nitrogens with one attached hydrogen (secondary N) is 1. The summed E-state index contributed by atoms with van der Waals surface area (Å²) in [5.74, 6) is -1.32. The Bertz CT molecular complexity index is 709. The minimum absolute atomic E-state index is 0.0915. The van der Waals surface area contributed by atoms with Crippen LogP contribution in [0.25, 0.3) is 11.1 Å². The van der Waals surface area contributed by atoms with E-state index in [0.717, 1.165) is 6.07 Å². The third kappa shape index (κ3) is 4.68. The van der Waals surface area contributed by atoms with E-state index < -0.39 is 28.3 Å². The minimum atomic E-state index is -1.71. The van der Waals surface area contributed by atoms with Gasteiger partial charge in [0.1, 0.15) is 17.3 Å². The first-order valence-electron chi connectivity index (χ1n) is 7.59. The third-order valence-electron chi connectivity index (χ3n) is 3.66. The highest BCUT2D eigenvalue weighted by Crippen LogP contribution is 2.28. The molecule has 24 heavy (non-hydrogen) atoms. The molecule has 2 rings (SSSR count). The summed E-state index contributed by atoms with van der Waals surface area (Å²) in [6, 6.07) is 9.61. The maximum Gasteiger partial charge on any atom is 0.146 e. The van der Waals surface area contributed by atoms with Crippen LogP contribution in [0, 0.1) is 11.6 Å². The molecule has 0 spiro atoms. The molecule has 0 fully saturated rings. The average Bonchev–Trinajstić information content (AvgIpc) is 2.51. The molecule has 0 saturated heterocycles. The summed E-state index contributed by atoms with van der Waals surface area (Å²) < 4.78 is 55.7. The van der Waals surface area contributed by atoms with E-state index >= 15 is 0 Å². The Balaban J connectivity index is 2.17. The molecule has 2 aromatic rings. The molecule has 0 heterocycles. The Hall–Kier alpha value is -1.66. The van der Waals surface area contributed by atoms with Gasteiger partial charge in [-0.3, -0.25) is 0 Å². The van der Waals surface area contributed by atoms with E-state index in [1.54, 1.807) is 38.1 Å². The first kappa shape index (κ1) is 18.7. The van der Waals surface area contributed by atoms with Crippen molar-refractivity contribution in [3.05, 3.63) is 59.7 Å². The molecule has 1 N–H and O–H groups in total. The molecule has 2 unspecified atom stereocenters. The molecule has 0 aliphatic heterocycles. The topological polar surface area (TPSA) is 29.1 Å². The van der Waals surface area contributed by atoms with Crippen molar-refractivity contribution < 1.29 is 17.4 Å². The van der Waals surface area contributed by atoms with Gasteiger partial charge in [0.15, 0.2) is 0 Å². The summed E-state index contributed by atoms with van der Waals surface area (Å²) in [7, 11) is -1.30. The van der Waals surface area contributed by atoms with Gasteiger partial charge in [-0.15, -0.1) is 0 Å². The highest BCUT2D eigenvalue weighted by atomic mass is 32.2. The molecule has 2 aromatic carbocycles. The quantitative estimate of drug-likeness (QED) is 0.813. The Morgan fingerprint density at radius 2 is 1.58 bits per heavy atom. The standard InChI is InChI=1S/C18H20F3NOS/c1-12(2)24(23)22-11-18(3,21)15-6-4-13(5-7-15)14-8-16(19)10-17(20)9-14/h4-10,12,22H,11H2,1-3H3. The zero-order valence-corrected chi connectivity index (χ0v) is 14.6. The first-order valence-corrected chi connectivity index (χ1v) is 8.80. The predicted molar refractivity (Wildman–Crippen MR) is 91.5 cm³/mol. The van der Waals surface area contributed by atoms with Gasteiger partial charge < -0.3 is 0 Å². The maximum atomic E-state index is 14.8. The summed E-state index contributed by atoms with van der Waals surface area (Å²) in [6.07, 6.45) is 0. The van der Waals surface area contributed by atoms with Gasteiger partial charge in [0, 0.05) is 17.9 Å². The molecule has 0 aromatic heterocycles. The molecular weight excluding hydrogens is 335 g/mol. The third-order valence-corrected chi connectivity index (χ3v) is 4.94. The predicted octanol–water partition coefficient (Wildman–Crippen LogP) is 4.48. The van der Waals surface area contributed by atoms with Crippen LogP contribution in [0.15, 0.2) is 42.5 Å². The normalized spacial score (nSPS) is 15.3. The average molecular weight is 355 g/mol. The van der Waals surface area contributed by atoms with E-state index in [1.165, 1.54) is 19.1 Å². The lowest BCUT2D eigenvalue weighted by molar-refractivity contribution is 0.197. The number of halogens is 3. The molecule has 2 nitrogen and oxygen atoms in total. The molecule has 2 atom stereocenters. The largest absolute Gasteiger partial charge is 0.243 e. The Kier molecular flexibility index (Phi) is 5.83. The van der Waals surface area contributed by atoms with Crippen molar-refractivity contribution in [2.24, 2.45) is 0 Å². The zero-order valence-electron chi connectivity index (χ0n) is 13.8. The van der Waals surface area contributed by atoms with Crippen LogP contribution in [-0.2, 0) is 16.7 Å². The molecule has 0 bridgehead atoms. The molecular formula is C18H20F3NOS. The SMILES string of the molecule is CC(C)S(=O)NCC(C)(F)c1ccc(-c2cc(F)cc(F)c2)cc1. The number of alkyl halides is 1. The molecule has 0 aliphatic carbocycles. The van der Waals surface area contributed by atoms with Crippen LogP contribution in [0.5, 0.6) is 0 Å². The maximum absolute atomic E-state index is 14.8. The van der Waals surface area contributed by atoms with Crippen LogP contribution < -0.4 is 4.72 Å². The van der Waals surface area contributed by atoms with E-state index in [-0.39, 0.29) is 11.8 Å². The summed E-state index contributed by atoms with van der Waals surface area (Å²) in [6.45, 7) is 4.87. The number of benzene rings is 2. The van der Waals surface area contributed by atoms with Crippen molar-refractivity contribution in [3.8, 4) is 11.1 Å². The van der Waals surface area contributed by atoms with E-state index in [9.17, 15) is 17.4 Å². The van der Waals surface area contributed by atoms with E-state index in [4.69, 9.17) is 0 Å². The molecule has 6 heteroatoms. The fraction of sp³-hybridized carbons (Fsp3) is 0.333. The molecule has 0 saturated carbocycles. The van der Waals surface area contributed by atoms with Gasteiger partial charge in [0.25, 0.3) is 0 Å². The number of rotatable bonds is 6. The molecule has 0 radical (unpaired) electrons. The minimum Gasteiger partial charge on any atom is -0.243 e. The number of hydrogen-bond donors (Lipinski definition) is 1. The lowest BCUT2D eigenvalue weighted by atomic mass is 9.95. The summed E-state index contributed by atoms with van der Waals surface area (Å²) in [4.78, 5) is 0. The van der Waals surface area contributed by atoms with E-state index in [2.05, 4.69) is 4.72 Å². The van der Waals surface area contributed by atoms with Crippen LogP contribution >= 0.6 is 0 Å². The number of hydrogen-bond acceptors (Lipinski definition) is 1. The second-order valence-corrected chi connectivity index (χ2v) is 7.93. The Morgan fingerprint density at radius 1 is 1.04 bits per heavy atom. The molecule has 0 aliphatic rings.